The Morgan fingerprint density at radius 3 is 2.55 bits per heavy atom. The molecule has 2 aliphatic rings. The zero-order chi connectivity index (χ0) is 14.3. The Bertz CT molecular complexity index is 260. The van der Waals surface area contributed by atoms with E-state index in [1.54, 1.807) is 0 Å². The Kier molecular flexibility index (Phi) is 6.83. The third-order valence-corrected chi connectivity index (χ3v) is 5.28. The minimum Gasteiger partial charge on any atom is -0.370 e. The summed E-state index contributed by atoms with van der Waals surface area (Å²) in [7, 11) is 0. The third kappa shape index (κ3) is 4.73. The monoisotopic (exact) mass is 281 g/mol. The lowest BCUT2D eigenvalue weighted by Gasteiger charge is -2.33. The Morgan fingerprint density at radius 2 is 1.85 bits per heavy atom. The molecular formula is C18H35NO. The van der Waals surface area contributed by atoms with E-state index in [1.807, 2.05) is 0 Å². The van der Waals surface area contributed by atoms with Gasteiger partial charge in [-0.25, -0.2) is 0 Å². The van der Waals surface area contributed by atoms with Crippen molar-refractivity contribution >= 4 is 0 Å². The van der Waals surface area contributed by atoms with Gasteiger partial charge in [0.1, 0.15) is 0 Å². The Balaban J connectivity index is 1.70. The molecule has 1 N–H and O–H groups in total. The van der Waals surface area contributed by atoms with Crippen LogP contribution in [0, 0.1) is 0 Å². The topological polar surface area (TPSA) is 21.3 Å². The summed E-state index contributed by atoms with van der Waals surface area (Å²) in [5.41, 5.74) is 0.286. The molecule has 2 atom stereocenters. The molecule has 0 aromatic carbocycles. The van der Waals surface area contributed by atoms with Gasteiger partial charge in [0.25, 0.3) is 0 Å². The van der Waals surface area contributed by atoms with Crippen molar-refractivity contribution in [1.82, 2.24) is 5.32 Å². The molecule has 2 fully saturated rings. The molecule has 1 aliphatic carbocycles. The van der Waals surface area contributed by atoms with E-state index >= 15 is 0 Å². The van der Waals surface area contributed by atoms with Gasteiger partial charge in [0.15, 0.2) is 0 Å². The van der Waals surface area contributed by atoms with Gasteiger partial charge in [0, 0.05) is 12.6 Å². The number of unbranched alkanes of at least 4 members (excludes halogenated alkanes) is 1. The second-order valence-corrected chi connectivity index (χ2v) is 7.06. The maximum Gasteiger partial charge on any atom is 0.0708 e. The molecule has 118 valence electrons. The number of hydrogen-bond donors (Lipinski definition) is 1. The van der Waals surface area contributed by atoms with Gasteiger partial charge in [-0.2, -0.15) is 0 Å². The number of hydrogen-bond acceptors (Lipinski definition) is 2. The molecule has 0 radical (unpaired) electrons. The van der Waals surface area contributed by atoms with Crippen LogP contribution in [0.2, 0.25) is 0 Å². The van der Waals surface area contributed by atoms with Crippen LogP contribution in [0.4, 0.5) is 0 Å². The van der Waals surface area contributed by atoms with Gasteiger partial charge in [-0.3, -0.25) is 0 Å². The highest BCUT2D eigenvalue weighted by Crippen LogP contribution is 2.41. The van der Waals surface area contributed by atoms with E-state index in [2.05, 4.69) is 19.2 Å². The van der Waals surface area contributed by atoms with Crippen LogP contribution in [0.5, 0.6) is 0 Å². The lowest BCUT2D eigenvalue weighted by Crippen LogP contribution is -2.38. The summed E-state index contributed by atoms with van der Waals surface area (Å²) in [5, 5.41) is 3.79. The summed E-state index contributed by atoms with van der Waals surface area (Å²) in [4.78, 5) is 0. The summed E-state index contributed by atoms with van der Waals surface area (Å²) < 4.78 is 6.46. The van der Waals surface area contributed by atoms with E-state index in [0.717, 1.165) is 6.54 Å². The van der Waals surface area contributed by atoms with E-state index in [0.29, 0.717) is 12.1 Å². The summed E-state index contributed by atoms with van der Waals surface area (Å²) in [6, 6.07) is 0.714. The van der Waals surface area contributed by atoms with Crippen LogP contribution in [0.15, 0.2) is 0 Å². The lowest BCUT2D eigenvalue weighted by molar-refractivity contribution is -0.0630. The van der Waals surface area contributed by atoms with Gasteiger partial charge < -0.3 is 10.1 Å². The first kappa shape index (κ1) is 16.3. The Morgan fingerprint density at radius 1 is 1.05 bits per heavy atom. The predicted molar refractivity (Wildman–Crippen MR) is 86.1 cm³/mol. The third-order valence-electron chi connectivity index (χ3n) is 5.28. The first-order chi connectivity index (χ1) is 9.78. The first-order valence-corrected chi connectivity index (χ1v) is 9.19. The van der Waals surface area contributed by atoms with Gasteiger partial charge >= 0.3 is 0 Å². The summed E-state index contributed by atoms with van der Waals surface area (Å²) in [5.74, 6) is 0. The highest BCUT2D eigenvalue weighted by molar-refractivity contribution is 4.92. The zero-order valence-corrected chi connectivity index (χ0v) is 13.8. The van der Waals surface area contributed by atoms with Crippen molar-refractivity contribution in [2.24, 2.45) is 0 Å². The van der Waals surface area contributed by atoms with E-state index in [9.17, 15) is 0 Å². The predicted octanol–water partition coefficient (Wildman–Crippen LogP) is 4.82. The van der Waals surface area contributed by atoms with Gasteiger partial charge in [-0.15, -0.1) is 0 Å². The second-order valence-electron chi connectivity index (χ2n) is 7.06. The van der Waals surface area contributed by atoms with E-state index in [-0.39, 0.29) is 5.60 Å². The largest absolute Gasteiger partial charge is 0.370 e. The van der Waals surface area contributed by atoms with Crippen molar-refractivity contribution in [3.63, 3.8) is 0 Å². The molecule has 1 saturated carbocycles. The van der Waals surface area contributed by atoms with E-state index in [1.165, 1.54) is 77.0 Å². The fourth-order valence-electron chi connectivity index (χ4n) is 4.05. The van der Waals surface area contributed by atoms with Gasteiger partial charge in [-0.1, -0.05) is 52.4 Å². The second kappa shape index (κ2) is 8.38. The van der Waals surface area contributed by atoms with Crippen molar-refractivity contribution in [2.45, 2.75) is 109 Å². The fraction of sp³-hybridized carbons (Fsp3) is 1.00. The lowest BCUT2D eigenvalue weighted by atomic mass is 9.83. The molecule has 2 heteroatoms. The molecule has 20 heavy (non-hydrogen) atoms. The van der Waals surface area contributed by atoms with Crippen LogP contribution in [0.3, 0.4) is 0 Å². The minimum absolute atomic E-state index is 0.286. The van der Waals surface area contributed by atoms with Crippen molar-refractivity contribution in [2.75, 3.05) is 6.54 Å². The van der Waals surface area contributed by atoms with Crippen LogP contribution in [-0.2, 0) is 4.74 Å². The standard InChI is InChI=1S/C18H35NO/c1-3-5-10-16(9-4-2)19-15-17-11-14-18(20-17)12-7-6-8-13-18/h16-17,19H,3-15H2,1-2H3. The smallest absolute Gasteiger partial charge is 0.0708 e. The molecule has 0 amide bonds. The number of rotatable bonds is 8. The molecule has 2 rings (SSSR count). The normalized spacial score (nSPS) is 27.0. The van der Waals surface area contributed by atoms with E-state index < -0.39 is 0 Å². The van der Waals surface area contributed by atoms with Crippen molar-refractivity contribution in [3.05, 3.63) is 0 Å². The highest BCUT2D eigenvalue weighted by Gasteiger charge is 2.40. The van der Waals surface area contributed by atoms with Crippen LogP contribution in [0.25, 0.3) is 0 Å². The summed E-state index contributed by atoms with van der Waals surface area (Å²) in [6.07, 6.45) is 16.5. The first-order valence-electron chi connectivity index (χ1n) is 9.19. The van der Waals surface area contributed by atoms with Gasteiger partial charge in [-0.05, 0) is 38.5 Å². The quantitative estimate of drug-likeness (QED) is 0.689. The molecule has 2 nitrogen and oxygen atoms in total. The minimum atomic E-state index is 0.286. The zero-order valence-electron chi connectivity index (χ0n) is 13.8. The highest BCUT2D eigenvalue weighted by atomic mass is 16.5. The maximum atomic E-state index is 6.46. The summed E-state index contributed by atoms with van der Waals surface area (Å²) in [6.45, 7) is 5.66. The summed E-state index contributed by atoms with van der Waals surface area (Å²) >= 11 is 0. The Hall–Kier alpha value is -0.0800. The maximum absolute atomic E-state index is 6.46. The number of nitrogens with one attached hydrogen (secondary N) is 1. The molecule has 0 aromatic heterocycles. The van der Waals surface area contributed by atoms with Crippen molar-refractivity contribution < 1.29 is 4.74 Å². The van der Waals surface area contributed by atoms with Crippen LogP contribution < -0.4 is 5.32 Å². The molecule has 1 heterocycles. The number of ether oxygens (including phenoxy) is 1. The van der Waals surface area contributed by atoms with Crippen molar-refractivity contribution in [1.29, 1.82) is 0 Å². The van der Waals surface area contributed by atoms with E-state index in [4.69, 9.17) is 4.74 Å². The molecule has 0 bridgehead atoms. The molecule has 2 unspecified atom stereocenters. The van der Waals surface area contributed by atoms with Crippen molar-refractivity contribution in [3.8, 4) is 0 Å². The average Bonchev–Trinajstić information content (AvgIpc) is 2.85. The van der Waals surface area contributed by atoms with Gasteiger partial charge in [0.05, 0.1) is 11.7 Å². The fourth-order valence-corrected chi connectivity index (χ4v) is 4.05. The molecular weight excluding hydrogens is 246 g/mol. The molecule has 1 spiro atoms. The van der Waals surface area contributed by atoms with Crippen LogP contribution in [-0.4, -0.2) is 24.3 Å². The Labute approximate surface area is 126 Å². The van der Waals surface area contributed by atoms with Crippen LogP contribution >= 0.6 is 0 Å². The average molecular weight is 281 g/mol. The SMILES string of the molecule is CCCCC(CCC)NCC1CCC2(CCCCC2)O1. The molecule has 0 aromatic rings. The molecule has 1 aliphatic heterocycles. The van der Waals surface area contributed by atoms with Gasteiger partial charge in [0.2, 0.25) is 0 Å². The van der Waals surface area contributed by atoms with Crippen LogP contribution in [0.1, 0.15) is 90.9 Å². The molecule has 1 saturated heterocycles.